The van der Waals surface area contributed by atoms with Crippen LogP contribution in [0.5, 0.6) is 0 Å². The summed E-state index contributed by atoms with van der Waals surface area (Å²) in [6, 6.07) is 18.1. The standard InChI is InChI=1S/C19H19NO3/c1-2-13-23-19(22)17(15-9-5-3-6-10-15)14-20-18(21)16-11-7-4-8-12-16/h2-12,17H,1,13-14H2,(H,20,21)/t17-/m0/s1. The molecule has 2 aromatic carbocycles. The fraction of sp³-hybridized carbons (Fsp3) is 0.158. The van der Waals surface area contributed by atoms with Crippen LogP contribution in [0.4, 0.5) is 0 Å². The fourth-order valence-corrected chi connectivity index (χ4v) is 2.15. The highest BCUT2D eigenvalue weighted by Gasteiger charge is 2.22. The summed E-state index contributed by atoms with van der Waals surface area (Å²) >= 11 is 0. The van der Waals surface area contributed by atoms with E-state index in [2.05, 4.69) is 11.9 Å². The Morgan fingerprint density at radius 3 is 2.26 bits per heavy atom. The zero-order valence-corrected chi connectivity index (χ0v) is 12.8. The Labute approximate surface area is 135 Å². The van der Waals surface area contributed by atoms with E-state index >= 15 is 0 Å². The third kappa shape index (κ3) is 4.81. The number of nitrogens with one attached hydrogen (secondary N) is 1. The van der Waals surface area contributed by atoms with Crippen molar-refractivity contribution in [2.75, 3.05) is 13.2 Å². The topological polar surface area (TPSA) is 55.4 Å². The first kappa shape index (κ1) is 16.5. The van der Waals surface area contributed by atoms with Crippen LogP contribution in [0.1, 0.15) is 21.8 Å². The lowest BCUT2D eigenvalue weighted by Gasteiger charge is -2.16. The Hall–Kier alpha value is -2.88. The van der Waals surface area contributed by atoms with Gasteiger partial charge in [-0.3, -0.25) is 9.59 Å². The van der Waals surface area contributed by atoms with Gasteiger partial charge in [0.2, 0.25) is 0 Å². The molecule has 0 heterocycles. The molecule has 118 valence electrons. The van der Waals surface area contributed by atoms with Gasteiger partial charge < -0.3 is 10.1 Å². The largest absolute Gasteiger partial charge is 0.461 e. The Kier molecular flexibility index (Phi) is 6.12. The molecule has 1 amide bonds. The first-order chi connectivity index (χ1) is 11.2. The van der Waals surface area contributed by atoms with E-state index in [1.807, 2.05) is 36.4 Å². The van der Waals surface area contributed by atoms with E-state index in [0.29, 0.717) is 5.56 Å². The van der Waals surface area contributed by atoms with E-state index < -0.39 is 5.92 Å². The van der Waals surface area contributed by atoms with Gasteiger partial charge in [0, 0.05) is 12.1 Å². The second-order valence-corrected chi connectivity index (χ2v) is 4.96. The Morgan fingerprint density at radius 2 is 1.65 bits per heavy atom. The minimum atomic E-state index is -0.552. The molecule has 0 aliphatic heterocycles. The number of hydrogen-bond donors (Lipinski definition) is 1. The number of rotatable bonds is 7. The van der Waals surface area contributed by atoms with E-state index in [1.165, 1.54) is 6.08 Å². The predicted octanol–water partition coefficient (Wildman–Crippen LogP) is 2.93. The van der Waals surface area contributed by atoms with Crippen molar-refractivity contribution < 1.29 is 14.3 Å². The molecule has 2 rings (SSSR count). The number of esters is 1. The van der Waals surface area contributed by atoms with E-state index in [9.17, 15) is 9.59 Å². The molecule has 0 radical (unpaired) electrons. The van der Waals surface area contributed by atoms with Gasteiger partial charge in [0.15, 0.2) is 0 Å². The summed E-state index contributed by atoms with van der Waals surface area (Å²) in [4.78, 5) is 24.4. The molecule has 0 saturated heterocycles. The Bertz CT molecular complexity index is 653. The smallest absolute Gasteiger partial charge is 0.315 e. The van der Waals surface area contributed by atoms with Crippen LogP contribution in [0.15, 0.2) is 73.3 Å². The quantitative estimate of drug-likeness (QED) is 0.632. The number of hydrogen-bond acceptors (Lipinski definition) is 3. The summed E-state index contributed by atoms with van der Waals surface area (Å²) in [5.74, 6) is -1.16. The highest BCUT2D eigenvalue weighted by molar-refractivity contribution is 5.94. The summed E-state index contributed by atoms with van der Waals surface area (Å²) in [7, 11) is 0. The van der Waals surface area contributed by atoms with Crippen molar-refractivity contribution >= 4 is 11.9 Å². The highest BCUT2D eigenvalue weighted by atomic mass is 16.5. The number of ether oxygens (including phenoxy) is 1. The number of amides is 1. The van der Waals surface area contributed by atoms with Crippen LogP contribution in [0.2, 0.25) is 0 Å². The van der Waals surface area contributed by atoms with Gasteiger partial charge in [0.05, 0.1) is 5.92 Å². The molecular weight excluding hydrogens is 290 g/mol. The van der Waals surface area contributed by atoms with Crippen LogP contribution in [-0.2, 0) is 9.53 Å². The number of benzene rings is 2. The molecule has 2 aromatic rings. The van der Waals surface area contributed by atoms with E-state index in [0.717, 1.165) is 5.56 Å². The van der Waals surface area contributed by atoms with E-state index in [4.69, 9.17) is 4.74 Å². The summed E-state index contributed by atoms with van der Waals surface area (Å²) in [5.41, 5.74) is 1.36. The molecular formula is C19H19NO3. The van der Waals surface area contributed by atoms with Gasteiger partial charge >= 0.3 is 5.97 Å². The summed E-state index contributed by atoms with van der Waals surface area (Å²) in [5, 5.41) is 2.79. The molecule has 0 spiro atoms. The third-order valence-electron chi connectivity index (χ3n) is 3.33. The Morgan fingerprint density at radius 1 is 1.04 bits per heavy atom. The van der Waals surface area contributed by atoms with Crippen molar-refractivity contribution in [3.63, 3.8) is 0 Å². The molecule has 1 atom stereocenters. The van der Waals surface area contributed by atoms with Crippen molar-refractivity contribution in [1.82, 2.24) is 5.32 Å². The number of carbonyl (C=O) groups excluding carboxylic acids is 2. The molecule has 0 aliphatic rings. The SMILES string of the molecule is C=CCOC(=O)[C@@H](CNC(=O)c1ccccc1)c1ccccc1. The Balaban J connectivity index is 2.07. The van der Waals surface area contributed by atoms with Crippen LogP contribution >= 0.6 is 0 Å². The molecule has 4 heteroatoms. The van der Waals surface area contributed by atoms with Crippen LogP contribution in [0.25, 0.3) is 0 Å². The summed E-state index contributed by atoms with van der Waals surface area (Å²) < 4.78 is 5.14. The van der Waals surface area contributed by atoms with E-state index in [-0.39, 0.29) is 25.0 Å². The minimum Gasteiger partial charge on any atom is -0.461 e. The lowest BCUT2D eigenvalue weighted by Crippen LogP contribution is -2.32. The monoisotopic (exact) mass is 309 g/mol. The van der Waals surface area contributed by atoms with Crippen LogP contribution in [0.3, 0.4) is 0 Å². The fourth-order valence-electron chi connectivity index (χ4n) is 2.15. The van der Waals surface area contributed by atoms with Crippen molar-refractivity contribution in [3.05, 3.63) is 84.4 Å². The molecule has 23 heavy (non-hydrogen) atoms. The predicted molar refractivity (Wildman–Crippen MR) is 89.1 cm³/mol. The van der Waals surface area contributed by atoms with Crippen LogP contribution in [-0.4, -0.2) is 25.0 Å². The zero-order chi connectivity index (χ0) is 16.5. The first-order valence-electron chi connectivity index (χ1n) is 7.38. The normalized spacial score (nSPS) is 11.3. The maximum Gasteiger partial charge on any atom is 0.315 e. The third-order valence-corrected chi connectivity index (χ3v) is 3.33. The van der Waals surface area contributed by atoms with Crippen molar-refractivity contribution in [2.24, 2.45) is 0 Å². The van der Waals surface area contributed by atoms with Gasteiger partial charge in [-0.05, 0) is 17.7 Å². The average molecular weight is 309 g/mol. The molecule has 0 saturated carbocycles. The van der Waals surface area contributed by atoms with Crippen LogP contribution < -0.4 is 5.32 Å². The van der Waals surface area contributed by atoms with Gasteiger partial charge in [-0.15, -0.1) is 0 Å². The average Bonchev–Trinajstić information content (AvgIpc) is 2.61. The molecule has 0 bridgehead atoms. The molecule has 0 unspecified atom stereocenters. The maximum absolute atomic E-state index is 12.2. The lowest BCUT2D eigenvalue weighted by molar-refractivity contribution is -0.144. The lowest BCUT2D eigenvalue weighted by atomic mass is 9.99. The molecule has 0 aliphatic carbocycles. The second kappa shape index (κ2) is 8.54. The maximum atomic E-state index is 12.2. The molecule has 1 N–H and O–H groups in total. The van der Waals surface area contributed by atoms with Gasteiger partial charge in [-0.25, -0.2) is 0 Å². The second-order valence-electron chi connectivity index (χ2n) is 4.96. The van der Waals surface area contributed by atoms with E-state index in [1.54, 1.807) is 24.3 Å². The molecule has 4 nitrogen and oxygen atoms in total. The minimum absolute atomic E-state index is 0.148. The molecule has 0 aromatic heterocycles. The van der Waals surface area contributed by atoms with Crippen molar-refractivity contribution in [1.29, 1.82) is 0 Å². The van der Waals surface area contributed by atoms with Gasteiger partial charge in [-0.1, -0.05) is 61.2 Å². The van der Waals surface area contributed by atoms with Gasteiger partial charge in [-0.2, -0.15) is 0 Å². The zero-order valence-electron chi connectivity index (χ0n) is 12.8. The summed E-state index contributed by atoms with van der Waals surface area (Å²) in [6.45, 7) is 3.85. The van der Waals surface area contributed by atoms with Gasteiger partial charge in [0.1, 0.15) is 6.61 Å². The van der Waals surface area contributed by atoms with Gasteiger partial charge in [0.25, 0.3) is 5.91 Å². The number of carbonyl (C=O) groups is 2. The van der Waals surface area contributed by atoms with Crippen molar-refractivity contribution in [3.8, 4) is 0 Å². The molecule has 0 fully saturated rings. The first-order valence-corrected chi connectivity index (χ1v) is 7.38. The highest BCUT2D eigenvalue weighted by Crippen LogP contribution is 2.17. The van der Waals surface area contributed by atoms with Crippen molar-refractivity contribution in [2.45, 2.75) is 5.92 Å². The van der Waals surface area contributed by atoms with Crippen LogP contribution in [0, 0.1) is 0 Å². The summed E-state index contributed by atoms with van der Waals surface area (Å²) in [6.07, 6.45) is 1.52.